The first-order valence-electron chi connectivity index (χ1n) is 5.68. The van der Waals surface area contributed by atoms with E-state index >= 15 is 0 Å². The zero-order valence-corrected chi connectivity index (χ0v) is 12.3. The van der Waals surface area contributed by atoms with Crippen molar-refractivity contribution >= 4 is 27.3 Å². The van der Waals surface area contributed by atoms with Gasteiger partial charge in [-0.15, -0.1) is 11.3 Å². The summed E-state index contributed by atoms with van der Waals surface area (Å²) in [5, 5.41) is 3.45. The SMILES string of the molecule is CNC(c1cc(Br)sc1C)C1CCOC1C. The highest BCUT2D eigenvalue weighted by atomic mass is 79.9. The maximum Gasteiger partial charge on any atom is 0.0704 e. The lowest BCUT2D eigenvalue weighted by Gasteiger charge is -2.25. The average Bonchev–Trinajstić information content (AvgIpc) is 2.77. The highest BCUT2D eigenvalue weighted by Gasteiger charge is 2.33. The standard InChI is InChI=1S/C12H18BrNOS/c1-7-9(4-5-15-7)12(14-3)10-6-11(13)16-8(10)2/h6-7,9,12,14H,4-5H2,1-3H3. The van der Waals surface area contributed by atoms with Crippen molar-refractivity contribution in [3.05, 3.63) is 20.3 Å². The Morgan fingerprint density at radius 2 is 2.38 bits per heavy atom. The minimum atomic E-state index is 0.357. The molecule has 1 N–H and O–H groups in total. The third-order valence-corrected chi connectivity index (χ3v) is 5.00. The van der Waals surface area contributed by atoms with Crippen LogP contribution in [0.2, 0.25) is 0 Å². The van der Waals surface area contributed by atoms with Gasteiger partial charge in [0.15, 0.2) is 0 Å². The van der Waals surface area contributed by atoms with Crippen molar-refractivity contribution in [2.75, 3.05) is 13.7 Å². The van der Waals surface area contributed by atoms with Gasteiger partial charge in [-0.3, -0.25) is 0 Å². The summed E-state index contributed by atoms with van der Waals surface area (Å²) < 4.78 is 6.88. The lowest BCUT2D eigenvalue weighted by Crippen LogP contribution is -2.29. The topological polar surface area (TPSA) is 21.3 Å². The molecule has 1 aromatic rings. The van der Waals surface area contributed by atoms with Crippen LogP contribution in [0.1, 0.15) is 29.8 Å². The van der Waals surface area contributed by atoms with Gasteiger partial charge >= 0.3 is 0 Å². The maximum atomic E-state index is 5.67. The Labute approximate surface area is 110 Å². The summed E-state index contributed by atoms with van der Waals surface area (Å²) in [7, 11) is 2.04. The average molecular weight is 304 g/mol. The van der Waals surface area contributed by atoms with Gasteiger partial charge in [0.1, 0.15) is 0 Å². The van der Waals surface area contributed by atoms with Crippen LogP contribution < -0.4 is 5.32 Å². The number of hydrogen-bond acceptors (Lipinski definition) is 3. The van der Waals surface area contributed by atoms with E-state index in [9.17, 15) is 0 Å². The van der Waals surface area contributed by atoms with E-state index in [0.29, 0.717) is 18.1 Å². The van der Waals surface area contributed by atoms with Crippen LogP contribution in [0, 0.1) is 12.8 Å². The number of aryl methyl sites for hydroxylation is 1. The number of ether oxygens (including phenoxy) is 1. The van der Waals surface area contributed by atoms with E-state index in [2.05, 4.69) is 41.2 Å². The Kier molecular flexibility index (Phi) is 4.06. The van der Waals surface area contributed by atoms with Crippen molar-refractivity contribution in [3.63, 3.8) is 0 Å². The Balaban J connectivity index is 2.25. The number of halogens is 1. The van der Waals surface area contributed by atoms with Crippen molar-refractivity contribution in [1.82, 2.24) is 5.32 Å². The van der Waals surface area contributed by atoms with E-state index in [1.54, 1.807) is 0 Å². The maximum absolute atomic E-state index is 5.67. The van der Waals surface area contributed by atoms with E-state index in [4.69, 9.17) is 4.74 Å². The predicted octanol–water partition coefficient (Wildman–Crippen LogP) is 3.50. The van der Waals surface area contributed by atoms with E-state index in [0.717, 1.165) is 13.0 Å². The molecule has 2 rings (SSSR count). The molecule has 0 aromatic carbocycles. The van der Waals surface area contributed by atoms with Crippen molar-refractivity contribution in [3.8, 4) is 0 Å². The molecule has 3 atom stereocenters. The summed E-state index contributed by atoms with van der Waals surface area (Å²) in [6, 6.07) is 2.66. The van der Waals surface area contributed by atoms with Gasteiger partial charge in [0.2, 0.25) is 0 Å². The predicted molar refractivity (Wildman–Crippen MR) is 72.1 cm³/mol. The van der Waals surface area contributed by atoms with Crippen LogP contribution >= 0.6 is 27.3 Å². The molecule has 16 heavy (non-hydrogen) atoms. The molecule has 3 unspecified atom stereocenters. The molecular weight excluding hydrogens is 286 g/mol. The van der Waals surface area contributed by atoms with Crippen LogP contribution in [0.4, 0.5) is 0 Å². The Bertz CT molecular complexity index is 366. The first kappa shape index (κ1) is 12.6. The lowest BCUT2D eigenvalue weighted by atomic mass is 9.89. The Hall–Kier alpha value is 0.1000. The van der Waals surface area contributed by atoms with Gasteiger partial charge in [-0.1, -0.05) is 0 Å². The second-order valence-corrected chi connectivity index (χ2v) is 6.99. The van der Waals surface area contributed by atoms with Gasteiger partial charge < -0.3 is 10.1 Å². The molecule has 2 nitrogen and oxygen atoms in total. The molecule has 0 amide bonds. The fourth-order valence-corrected chi connectivity index (χ4v) is 4.31. The van der Waals surface area contributed by atoms with Crippen molar-refractivity contribution in [1.29, 1.82) is 0 Å². The molecule has 1 saturated heterocycles. The van der Waals surface area contributed by atoms with Crippen LogP contribution in [0.3, 0.4) is 0 Å². The molecular formula is C12H18BrNOS. The molecule has 0 radical (unpaired) electrons. The number of hydrogen-bond donors (Lipinski definition) is 1. The van der Waals surface area contributed by atoms with Gasteiger partial charge in [-0.2, -0.15) is 0 Å². The van der Waals surface area contributed by atoms with E-state index in [1.165, 1.54) is 14.2 Å². The van der Waals surface area contributed by atoms with Gasteiger partial charge in [0, 0.05) is 23.4 Å². The second-order valence-electron chi connectivity index (χ2n) is 4.36. The Morgan fingerprint density at radius 1 is 1.62 bits per heavy atom. The summed E-state index contributed by atoms with van der Waals surface area (Å²) in [4.78, 5) is 1.39. The summed E-state index contributed by atoms with van der Waals surface area (Å²) in [5.41, 5.74) is 1.42. The summed E-state index contributed by atoms with van der Waals surface area (Å²) >= 11 is 5.37. The summed E-state index contributed by atoms with van der Waals surface area (Å²) in [5.74, 6) is 0.588. The first-order chi connectivity index (χ1) is 7.63. The van der Waals surface area contributed by atoms with Crippen LogP contribution in [0.5, 0.6) is 0 Å². The second kappa shape index (κ2) is 5.17. The third kappa shape index (κ3) is 2.35. The largest absolute Gasteiger partial charge is 0.378 e. The molecule has 4 heteroatoms. The van der Waals surface area contributed by atoms with Gasteiger partial charge in [0.25, 0.3) is 0 Å². The van der Waals surface area contributed by atoms with Gasteiger partial charge in [-0.05, 0) is 54.9 Å². The van der Waals surface area contributed by atoms with Crippen LogP contribution in [0.15, 0.2) is 9.85 Å². The number of thiophene rings is 1. The fraction of sp³-hybridized carbons (Fsp3) is 0.667. The van der Waals surface area contributed by atoms with E-state index < -0.39 is 0 Å². The van der Waals surface area contributed by atoms with Gasteiger partial charge in [0.05, 0.1) is 9.89 Å². The molecule has 1 aliphatic rings. The molecule has 0 bridgehead atoms. The zero-order chi connectivity index (χ0) is 11.7. The van der Waals surface area contributed by atoms with E-state index in [-0.39, 0.29) is 0 Å². The van der Waals surface area contributed by atoms with Crippen molar-refractivity contribution in [2.24, 2.45) is 5.92 Å². The highest BCUT2D eigenvalue weighted by molar-refractivity contribution is 9.11. The molecule has 90 valence electrons. The van der Waals surface area contributed by atoms with E-state index in [1.807, 2.05) is 18.4 Å². The van der Waals surface area contributed by atoms with Crippen molar-refractivity contribution in [2.45, 2.75) is 32.4 Å². The molecule has 2 heterocycles. The quantitative estimate of drug-likeness (QED) is 0.923. The smallest absolute Gasteiger partial charge is 0.0704 e. The fourth-order valence-electron chi connectivity index (χ4n) is 2.55. The molecule has 0 saturated carbocycles. The molecule has 0 aliphatic carbocycles. The lowest BCUT2D eigenvalue weighted by molar-refractivity contribution is 0.0963. The minimum absolute atomic E-state index is 0.357. The third-order valence-electron chi connectivity index (χ3n) is 3.44. The first-order valence-corrected chi connectivity index (χ1v) is 7.29. The summed E-state index contributed by atoms with van der Waals surface area (Å²) in [6.45, 7) is 5.27. The molecule has 1 aliphatic heterocycles. The number of nitrogens with one attached hydrogen (secondary N) is 1. The normalized spacial score (nSPS) is 27.2. The number of rotatable bonds is 3. The minimum Gasteiger partial charge on any atom is -0.378 e. The molecule has 1 aromatic heterocycles. The summed E-state index contributed by atoms with van der Waals surface area (Å²) in [6.07, 6.45) is 1.51. The zero-order valence-electron chi connectivity index (χ0n) is 9.92. The monoisotopic (exact) mass is 303 g/mol. The van der Waals surface area contributed by atoms with Crippen LogP contribution in [-0.2, 0) is 4.74 Å². The molecule has 1 fully saturated rings. The van der Waals surface area contributed by atoms with Crippen LogP contribution in [0.25, 0.3) is 0 Å². The van der Waals surface area contributed by atoms with Crippen LogP contribution in [-0.4, -0.2) is 19.8 Å². The Morgan fingerprint density at radius 3 is 2.81 bits per heavy atom. The highest BCUT2D eigenvalue weighted by Crippen LogP contribution is 2.38. The molecule has 0 spiro atoms. The van der Waals surface area contributed by atoms with Crippen molar-refractivity contribution < 1.29 is 4.74 Å². The van der Waals surface area contributed by atoms with Gasteiger partial charge in [-0.25, -0.2) is 0 Å².